The normalized spacial score (nSPS) is 23.3. The van der Waals surface area contributed by atoms with Gasteiger partial charge in [0.25, 0.3) is 0 Å². The van der Waals surface area contributed by atoms with Gasteiger partial charge >= 0.3 is 6.18 Å². The van der Waals surface area contributed by atoms with E-state index in [1.54, 1.807) is 13.0 Å². The van der Waals surface area contributed by atoms with Gasteiger partial charge in [-0.1, -0.05) is 6.92 Å². The number of benzene rings is 1. The van der Waals surface area contributed by atoms with E-state index in [0.29, 0.717) is 39.9 Å². The fraction of sp³-hybridized carbons (Fsp3) is 0.444. The number of allylic oxidation sites excluding steroid dienone is 1. The molecular weight excluding hydrogens is 481 g/mol. The standard InChI is InChI=1S/C27H27F3N6O/c1-3-23(19-10-18(14-31)11-20(12-19)27(28,29)30)34-25-22-15-36(26-4-7-35(8-5-26)9-6-26)21(16-37)13-24(22)32-17(2)33-25/h10-13,15,23H,3-9H2,1-2H3,(H,32,33,34). The quantitative estimate of drug-likeness (QED) is 0.622. The van der Waals surface area contributed by atoms with Gasteiger partial charge in [0, 0.05) is 31.4 Å². The Morgan fingerprint density at radius 1 is 1.16 bits per heavy atom. The monoisotopic (exact) mass is 508 g/mol. The van der Waals surface area contributed by atoms with Crippen molar-refractivity contribution in [1.82, 2.24) is 19.8 Å². The third kappa shape index (κ3) is 4.61. The Morgan fingerprint density at radius 3 is 2.46 bits per heavy atom. The SMILES string of the molecule is CCC(Nc1nc(C)nc2c1=CN(C13CCN(CC1)CC3)C(=C=O)C=2)c1cc(C#N)cc(C(F)(F)F)c1. The molecule has 5 heterocycles. The van der Waals surface area contributed by atoms with E-state index < -0.39 is 17.8 Å². The molecule has 0 saturated carbocycles. The van der Waals surface area contributed by atoms with E-state index in [1.807, 2.05) is 24.1 Å². The Bertz CT molecular complexity index is 1430. The first-order chi connectivity index (χ1) is 17.7. The van der Waals surface area contributed by atoms with Gasteiger partial charge < -0.3 is 15.1 Å². The van der Waals surface area contributed by atoms with E-state index in [4.69, 9.17) is 0 Å². The molecule has 3 fully saturated rings. The van der Waals surface area contributed by atoms with Crippen molar-refractivity contribution in [1.29, 1.82) is 5.26 Å². The Labute approximate surface area is 212 Å². The van der Waals surface area contributed by atoms with Crippen LogP contribution in [-0.2, 0) is 11.0 Å². The number of nitrogens with one attached hydrogen (secondary N) is 1. The molecule has 192 valence electrons. The van der Waals surface area contributed by atoms with Crippen LogP contribution in [0, 0.1) is 18.3 Å². The molecule has 1 aromatic heterocycles. The zero-order valence-electron chi connectivity index (χ0n) is 20.7. The number of halogens is 3. The van der Waals surface area contributed by atoms with Crippen molar-refractivity contribution < 1.29 is 18.0 Å². The molecule has 3 saturated heterocycles. The van der Waals surface area contributed by atoms with Crippen LogP contribution in [0.4, 0.5) is 19.0 Å². The second-order valence-corrected chi connectivity index (χ2v) is 9.92. The lowest BCUT2D eigenvalue weighted by Crippen LogP contribution is -2.60. The third-order valence-corrected chi connectivity index (χ3v) is 7.71. The smallest absolute Gasteiger partial charge is 0.363 e. The average molecular weight is 509 g/mol. The summed E-state index contributed by atoms with van der Waals surface area (Å²) in [6, 6.07) is 4.71. The van der Waals surface area contributed by atoms with E-state index in [9.17, 15) is 23.2 Å². The maximum Gasteiger partial charge on any atom is 0.416 e. The van der Waals surface area contributed by atoms with Crippen LogP contribution in [0.1, 0.15) is 61.2 Å². The topological polar surface area (TPSA) is 85.2 Å². The summed E-state index contributed by atoms with van der Waals surface area (Å²) in [6.45, 7) is 6.48. The maximum atomic E-state index is 13.5. The molecule has 0 spiro atoms. The molecule has 2 aromatic rings. The van der Waals surface area contributed by atoms with Gasteiger partial charge in [0.1, 0.15) is 17.3 Å². The molecule has 6 rings (SSSR count). The van der Waals surface area contributed by atoms with Crippen LogP contribution in [0.15, 0.2) is 23.9 Å². The van der Waals surface area contributed by atoms with Gasteiger partial charge in [-0.15, -0.1) is 0 Å². The molecule has 7 nitrogen and oxygen atoms in total. The van der Waals surface area contributed by atoms with Crippen molar-refractivity contribution in [2.24, 2.45) is 0 Å². The number of anilines is 1. The van der Waals surface area contributed by atoms with Crippen LogP contribution >= 0.6 is 0 Å². The third-order valence-electron chi connectivity index (χ3n) is 7.71. The summed E-state index contributed by atoms with van der Waals surface area (Å²) in [4.78, 5) is 25.6. The molecule has 1 atom stereocenters. The minimum absolute atomic E-state index is 0.0551. The zero-order valence-corrected chi connectivity index (χ0v) is 20.7. The van der Waals surface area contributed by atoms with E-state index in [2.05, 4.69) is 26.1 Å². The Kier molecular flexibility index (Phi) is 6.30. The van der Waals surface area contributed by atoms with Crippen LogP contribution in [0.5, 0.6) is 0 Å². The highest BCUT2D eigenvalue weighted by atomic mass is 19.4. The summed E-state index contributed by atoms with van der Waals surface area (Å²) < 4.78 is 40.6. The second-order valence-electron chi connectivity index (χ2n) is 9.92. The number of hydrogen-bond donors (Lipinski definition) is 1. The predicted octanol–water partition coefficient (Wildman–Crippen LogP) is 3.03. The van der Waals surface area contributed by atoms with Crippen LogP contribution in [-0.4, -0.2) is 50.9 Å². The minimum atomic E-state index is -4.57. The van der Waals surface area contributed by atoms with E-state index in [-0.39, 0.29) is 11.1 Å². The molecule has 0 aliphatic carbocycles. The van der Waals surface area contributed by atoms with E-state index in [1.165, 1.54) is 6.07 Å². The molecule has 10 heteroatoms. The first kappa shape index (κ1) is 25.0. The number of rotatable bonds is 5. The summed E-state index contributed by atoms with van der Waals surface area (Å²) in [6.07, 6.45) is 2.27. The number of fused-ring (bicyclic) bond motifs is 4. The van der Waals surface area contributed by atoms with E-state index in [0.717, 1.165) is 51.0 Å². The molecule has 2 bridgehead atoms. The number of nitriles is 1. The first-order valence-electron chi connectivity index (χ1n) is 12.4. The van der Waals surface area contributed by atoms with Crippen LogP contribution in [0.25, 0.3) is 12.3 Å². The summed E-state index contributed by atoms with van der Waals surface area (Å²) >= 11 is 0. The predicted molar refractivity (Wildman–Crippen MR) is 132 cm³/mol. The number of aryl methyl sites for hydroxylation is 1. The van der Waals surface area contributed by atoms with Crippen molar-refractivity contribution >= 4 is 24.0 Å². The molecule has 0 radical (unpaired) electrons. The average Bonchev–Trinajstić information content (AvgIpc) is 2.91. The highest BCUT2D eigenvalue weighted by molar-refractivity contribution is 5.72. The van der Waals surface area contributed by atoms with Crippen molar-refractivity contribution in [3.63, 3.8) is 0 Å². The molecular formula is C27H27F3N6O. The summed E-state index contributed by atoms with van der Waals surface area (Å²) in [7, 11) is 0. The van der Waals surface area contributed by atoms with Crippen molar-refractivity contribution in [3.05, 3.63) is 57.0 Å². The van der Waals surface area contributed by atoms with Crippen molar-refractivity contribution in [3.8, 4) is 6.07 Å². The number of alkyl halides is 3. The lowest BCUT2D eigenvalue weighted by atomic mass is 9.78. The zero-order chi connectivity index (χ0) is 26.4. The fourth-order valence-electron chi connectivity index (χ4n) is 5.66. The largest absolute Gasteiger partial charge is 0.416 e. The van der Waals surface area contributed by atoms with Gasteiger partial charge in [0.2, 0.25) is 0 Å². The molecule has 4 aliphatic rings. The number of nitrogens with zero attached hydrogens (tertiary/aromatic N) is 5. The number of hydrogen-bond acceptors (Lipinski definition) is 7. The Morgan fingerprint density at radius 2 is 1.86 bits per heavy atom. The Balaban J connectivity index is 1.60. The molecule has 37 heavy (non-hydrogen) atoms. The molecule has 0 amide bonds. The van der Waals surface area contributed by atoms with Gasteiger partial charge in [-0.25, -0.2) is 14.8 Å². The first-order valence-corrected chi connectivity index (χ1v) is 12.4. The summed E-state index contributed by atoms with van der Waals surface area (Å²) in [5.74, 6) is 3.03. The van der Waals surface area contributed by atoms with Crippen molar-refractivity contribution in [2.75, 3.05) is 25.0 Å². The number of piperidine rings is 3. The molecule has 1 aromatic carbocycles. The van der Waals surface area contributed by atoms with Gasteiger partial charge in [-0.05, 0) is 62.4 Å². The number of carbonyl (C=O) groups excluding carboxylic acids is 1. The lowest BCUT2D eigenvalue weighted by Gasteiger charge is -2.53. The van der Waals surface area contributed by atoms with Gasteiger partial charge in [0.15, 0.2) is 5.94 Å². The Hall–Kier alpha value is -3.67. The molecule has 1 unspecified atom stereocenters. The van der Waals surface area contributed by atoms with Crippen LogP contribution in [0.3, 0.4) is 0 Å². The van der Waals surface area contributed by atoms with E-state index >= 15 is 0 Å². The van der Waals surface area contributed by atoms with Gasteiger partial charge in [-0.3, -0.25) is 0 Å². The minimum Gasteiger partial charge on any atom is -0.363 e. The molecule has 1 N–H and O–H groups in total. The second kappa shape index (κ2) is 9.33. The van der Waals surface area contributed by atoms with Gasteiger partial charge in [0.05, 0.1) is 33.8 Å². The maximum absolute atomic E-state index is 13.5. The van der Waals surface area contributed by atoms with Gasteiger partial charge in [-0.2, -0.15) is 18.4 Å². The highest BCUT2D eigenvalue weighted by Crippen LogP contribution is 2.40. The van der Waals surface area contributed by atoms with Crippen molar-refractivity contribution in [2.45, 2.75) is 57.3 Å². The van der Waals surface area contributed by atoms with Crippen LogP contribution in [0.2, 0.25) is 0 Å². The summed E-state index contributed by atoms with van der Waals surface area (Å²) in [5.41, 5.74) is -0.333. The fourth-order valence-corrected chi connectivity index (χ4v) is 5.66. The molecule has 4 aliphatic heterocycles. The van der Waals surface area contributed by atoms with Crippen LogP contribution < -0.4 is 15.9 Å². The summed E-state index contributed by atoms with van der Waals surface area (Å²) in [5, 5.41) is 13.9. The highest BCUT2D eigenvalue weighted by Gasteiger charge is 2.44. The number of aromatic nitrogens is 2. The lowest BCUT2D eigenvalue weighted by molar-refractivity contribution is -0.137.